The number of aryl methyl sites for hydroxylation is 2. The molecule has 0 spiro atoms. The third-order valence-electron chi connectivity index (χ3n) is 7.63. The monoisotopic (exact) mass is 739 g/mol. The Hall–Kier alpha value is -2.97. The van der Waals surface area contributed by atoms with E-state index in [0.29, 0.717) is 49.1 Å². The number of hydrogen-bond acceptors (Lipinski definition) is 5. The maximum atomic E-state index is 13.8. The summed E-state index contributed by atoms with van der Waals surface area (Å²) in [5.74, 6) is -5.19. The number of ether oxygens (including phenoxy) is 1. The Balaban J connectivity index is 0. The molecule has 0 radical (unpaired) electrons. The summed E-state index contributed by atoms with van der Waals surface area (Å²) in [7, 11) is 0. The number of carboxylic acids is 2. The number of nitrogens with zero attached hydrogens (tertiary/aromatic N) is 1. The minimum atomic E-state index is -2.18. The van der Waals surface area contributed by atoms with Gasteiger partial charge in [0.15, 0.2) is 23.3 Å². The predicted octanol–water partition coefficient (Wildman–Crippen LogP) is -3.42. The van der Waals surface area contributed by atoms with E-state index in [1.807, 2.05) is 29.7 Å². The van der Waals surface area contributed by atoms with E-state index in [9.17, 15) is 41.8 Å². The smallest absolute Gasteiger partial charge is 0.550 e. The van der Waals surface area contributed by atoms with Crippen molar-refractivity contribution in [2.24, 2.45) is 0 Å². The van der Waals surface area contributed by atoms with Crippen LogP contribution < -0.4 is 74.1 Å². The summed E-state index contributed by atoms with van der Waals surface area (Å²) in [6, 6.07) is 12.5. The fraction of sp³-hybridized carbons (Fsp3) is 0.314. The molecule has 0 fully saturated rings. The van der Waals surface area contributed by atoms with Crippen LogP contribution in [-0.4, -0.2) is 39.5 Å². The molecule has 51 heavy (non-hydrogen) atoms. The first-order valence-electron chi connectivity index (χ1n) is 14.7. The summed E-state index contributed by atoms with van der Waals surface area (Å²) in [6.45, 7) is 2.49. The zero-order valence-electron chi connectivity index (χ0n) is 28.5. The van der Waals surface area contributed by atoms with Crippen LogP contribution in [0.5, 0.6) is 5.75 Å². The van der Waals surface area contributed by atoms with Gasteiger partial charge in [-0.25, -0.2) is 22.0 Å². The molecule has 266 valence electrons. The fourth-order valence-electron chi connectivity index (χ4n) is 5.33. The van der Waals surface area contributed by atoms with Gasteiger partial charge in [-0.15, -0.1) is 0 Å². The van der Waals surface area contributed by atoms with Gasteiger partial charge in [-0.1, -0.05) is 24.0 Å². The van der Waals surface area contributed by atoms with E-state index >= 15 is 0 Å². The summed E-state index contributed by atoms with van der Waals surface area (Å²) >= 11 is 0. The van der Waals surface area contributed by atoms with Gasteiger partial charge < -0.3 is 45.5 Å². The Labute approximate surface area is 335 Å². The zero-order chi connectivity index (χ0) is 33.4. The van der Waals surface area contributed by atoms with E-state index in [1.165, 1.54) is 0 Å². The molecule has 0 saturated heterocycles. The van der Waals surface area contributed by atoms with Gasteiger partial charge in [0.1, 0.15) is 5.75 Å². The second kappa shape index (κ2) is 23.6. The van der Waals surface area contributed by atoms with E-state index in [1.54, 1.807) is 24.3 Å². The van der Waals surface area contributed by atoms with Crippen molar-refractivity contribution < 1.29 is 122 Å². The van der Waals surface area contributed by atoms with Crippen LogP contribution in [0.25, 0.3) is 10.9 Å². The van der Waals surface area contributed by atoms with Crippen LogP contribution in [-0.2, 0) is 29.0 Å². The molecule has 0 atom stereocenters. The molecule has 0 saturated carbocycles. The van der Waals surface area contributed by atoms with Gasteiger partial charge in [0.25, 0.3) is 0 Å². The Morgan fingerprint density at radius 1 is 0.706 bits per heavy atom. The number of hydrogen-bond donors (Lipinski definition) is 0. The average Bonchev–Trinajstić information content (AvgIpc) is 3.30. The van der Waals surface area contributed by atoms with Gasteiger partial charge in [0.2, 0.25) is 5.82 Å². The van der Waals surface area contributed by atoms with Crippen LogP contribution in [0.4, 0.5) is 22.0 Å². The van der Waals surface area contributed by atoms with Crippen LogP contribution >= 0.6 is 0 Å². The normalized spacial score (nSPS) is 9.92. The Morgan fingerprint density at radius 2 is 1.25 bits per heavy atom. The van der Waals surface area contributed by atoms with E-state index in [2.05, 4.69) is 11.8 Å². The Kier molecular flexibility index (Phi) is 23.2. The number of carbonyl (C=O) groups is 2. The molecule has 0 aliphatic heterocycles. The van der Waals surface area contributed by atoms with Crippen molar-refractivity contribution in [3.63, 3.8) is 0 Å². The summed E-state index contributed by atoms with van der Waals surface area (Å²) in [4.78, 5) is 22.0. The molecule has 3 aromatic carbocycles. The van der Waals surface area contributed by atoms with E-state index < -0.39 is 46.6 Å². The van der Waals surface area contributed by atoms with Gasteiger partial charge in [0.05, 0.1) is 12.1 Å². The Bertz CT molecular complexity index is 1800. The molecule has 9 nitrogen and oxygen atoms in total. The first kappa shape index (κ1) is 50.1. The number of aromatic nitrogens is 1. The maximum Gasteiger partial charge on any atom is 1.00 e. The summed E-state index contributed by atoms with van der Waals surface area (Å²) in [6.07, 6.45) is 1.20. The van der Waals surface area contributed by atoms with Crippen molar-refractivity contribution in [1.82, 2.24) is 4.57 Å². The topological polar surface area (TPSA) is 189 Å². The number of carboxylic acid groups (broad SMARTS) is 2. The minimum Gasteiger partial charge on any atom is -0.550 e. The first-order valence-corrected chi connectivity index (χ1v) is 14.7. The molecule has 4 rings (SSSR count). The second-order valence-electron chi connectivity index (χ2n) is 10.7. The molecule has 0 aliphatic carbocycles. The third-order valence-corrected chi connectivity index (χ3v) is 7.63. The first-order chi connectivity index (χ1) is 22.0. The molecule has 16 heteroatoms. The Morgan fingerprint density at radius 3 is 1.84 bits per heavy atom. The minimum absolute atomic E-state index is 0. The summed E-state index contributed by atoms with van der Waals surface area (Å²) in [5.41, 5.74) is 3.27. The molecular weight excluding hydrogens is 703 g/mol. The van der Waals surface area contributed by atoms with Crippen molar-refractivity contribution in [2.75, 3.05) is 6.61 Å². The van der Waals surface area contributed by atoms with Crippen molar-refractivity contribution >= 4 is 22.8 Å². The van der Waals surface area contributed by atoms with Crippen LogP contribution in [0.1, 0.15) is 66.5 Å². The van der Waals surface area contributed by atoms with Gasteiger partial charge in [-0.2, -0.15) is 0 Å². The van der Waals surface area contributed by atoms with E-state index in [0.717, 1.165) is 22.2 Å². The van der Waals surface area contributed by atoms with E-state index in [-0.39, 0.29) is 108 Å². The number of rotatable bonds is 14. The van der Waals surface area contributed by atoms with Crippen molar-refractivity contribution in [3.8, 4) is 17.6 Å². The molecule has 4 aromatic rings. The molecular formula is C35H36F5NNa2O8. The fourth-order valence-corrected chi connectivity index (χ4v) is 5.33. The zero-order valence-corrected chi connectivity index (χ0v) is 32.5. The van der Waals surface area contributed by atoms with Gasteiger partial charge >= 0.3 is 59.1 Å². The quantitative estimate of drug-likeness (QED) is 0.0325. The van der Waals surface area contributed by atoms with Gasteiger partial charge in [-0.3, -0.25) is 0 Å². The second-order valence-corrected chi connectivity index (χ2v) is 10.7. The van der Waals surface area contributed by atoms with Crippen molar-refractivity contribution in [1.29, 1.82) is 0 Å². The number of benzene rings is 3. The van der Waals surface area contributed by atoms with Crippen molar-refractivity contribution in [3.05, 3.63) is 99.5 Å². The van der Waals surface area contributed by atoms with Crippen LogP contribution in [0.2, 0.25) is 0 Å². The largest absolute Gasteiger partial charge is 1.00 e. The third kappa shape index (κ3) is 12.9. The number of aliphatic carboxylic acids is 2. The maximum absolute atomic E-state index is 13.8. The molecule has 6 N–H and O–H groups in total. The van der Waals surface area contributed by atoms with Crippen LogP contribution in [0.15, 0.2) is 42.5 Å². The van der Waals surface area contributed by atoms with Crippen LogP contribution in [0.3, 0.4) is 0 Å². The number of fused-ring (bicyclic) bond motifs is 1. The molecule has 1 aromatic heterocycles. The van der Waals surface area contributed by atoms with Crippen molar-refractivity contribution in [2.45, 2.75) is 64.8 Å². The number of carbonyl (C=O) groups excluding carboxylic acids is 2. The average molecular weight is 740 g/mol. The standard InChI is InChI=1S/C35H32F5NO5.2Na.3H2O/c1-21-25(9-5-11-28(42)43)26-10-4-7-23(35(26)41(21)19-6-12-29(44)45)16-13-22-14-17-24(18-15-22)46-20-3-2-8-27-30(36)32(38)34(40)33(39)31(27)37;;;;;/h4,7,10,14-15,17-18H,2-3,5-6,8-9,11-12,19-20H2,1H3,(H,42,43)(H,44,45);;;3*1H2/q;2*+1;;;/p-2. The number of halogens is 5. The number of unbranched alkanes of at least 4 members (excludes halogenated alkanes) is 1. The van der Waals surface area contributed by atoms with E-state index in [4.69, 9.17) is 4.74 Å². The molecule has 0 bridgehead atoms. The van der Waals surface area contributed by atoms with Gasteiger partial charge in [0, 0.05) is 46.3 Å². The van der Waals surface area contributed by atoms with Gasteiger partial charge in [-0.05, 0) is 94.2 Å². The summed E-state index contributed by atoms with van der Waals surface area (Å²) < 4.78 is 75.3. The SMILES string of the molecule is Cc1c(CCCC(=O)[O-])c2cccc(C#Cc3ccc(OCCCCc4c(F)c(F)c(F)c(F)c4F)cc3)c2n1CCCC(=O)[O-].O.O.O.[Na+].[Na+]. The molecule has 0 aliphatic rings. The molecule has 1 heterocycles. The van der Waals surface area contributed by atoms with Crippen LogP contribution in [0, 0.1) is 47.9 Å². The molecule has 0 amide bonds. The molecule has 0 unspecified atom stereocenters. The number of para-hydroxylation sites is 1. The summed E-state index contributed by atoms with van der Waals surface area (Å²) in [5, 5.41) is 22.9. The predicted molar refractivity (Wildman–Crippen MR) is 167 cm³/mol.